The van der Waals surface area contributed by atoms with Crippen molar-refractivity contribution in [3.05, 3.63) is 106 Å². The Morgan fingerprint density at radius 1 is 0.879 bits per heavy atom. The molecule has 0 radical (unpaired) electrons. The fourth-order valence-corrected chi connectivity index (χ4v) is 5.39. The third-order valence-electron chi connectivity index (χ3n) is 4.96. The second kappa shape index (κ2) is 8.93. The number of nitrogens with zero attached hydrogens (tertiary/aromatic N) is 3. The molecule has 0 fully saturated rings. The maximum absolute atomic E-state index is 12.9. The number of carbonyl (C=O) groups excluding carboxylic acids is 2. The van der Waals surface area contributed by atoms with Crippen LogP contribution < -0.4 is 10.1 Å². The van der Waals surface area contributed by atoms with E-state index in [-0.39, 0.29) is 11.8 Å². The molecule has 0 atom stereocenters. The molecule has 0 aliphatic heterocycles. The summed E-state index contributed by atoms with van der Waals surface area (Å²) in [4.78, 5) is 35.1. The van der Waals surface area contributed by atoms with Crippen molar-refractivity contribution in [2.75, 3.05) is 5.32 Å². The van der Waals surface area contributed by atoms with E-state index < -0.39 is 0 Å². The normalized spacial score (nSPS) is 11.6. The number of fused-ring (bicyclic) bond motifs is 1. The van der Waals surface area contributed by atoms with Gasteiger partial charge < -0.3 is 5.32 Å². The highest BCUT2D eigenvalue weighted by atomic mass is 32.1. The van der Waals surface area contributed by atoms with Gasteiger partial charge in [0.1, 0.15) is 10.7 Å². The number of hydrogen-bond donors (Lipinski definition) is 1. The van der Waals surface area contributed by atoms with Crippen LogP contribution >= 0.6 is 22.9 Å². The van der Waals surface area contributed by atoms with Crippen LogP contribution in [0.2, 0.25) is 0 Å². The summed E-state index contributed by atoms with van der Waals surface area (Å²) in [5.74, 6) is -0.530. The predicted octanol–water partition coefficient (Wildman–Crippen LogP) is 5.43. The molecule has 0 saturated carbocycles. The Bertz CT molecular complexity index is 1520. The predicted molar refractivity (Wildman–Crippen MR) is 132 cm³/mol. The van der Waals surface area contributed by atoms with E-state index in [0.29, 0.717) is 25.9 Å². The summed E-state index contributed by atoms with van der Waals surface area (Å²) in [6.45, 7) is 1.98. The zero-order chi connectivity index (χ0) is 22.8. The number of thiazole rings is 1. The second-order valence-electron chi connectivity index (χ2n) is 7.31. The van der Waals surface area contributed by atoms with Crippen molar-refractivity contribution in [1.29, 1.82) is 0 Å². The average molecular weight is 471 g/mol. The highest BCUT2D eigenvalue weighted by Crippen LogP contribution is 2.36. The van der Waals surface area contributed by atoms with E-state index in [4.69, 9.17) is 0 Å². The molecule has 5 aromatic rings. The number of aromatic nitrogens is 2. The van der Waals surface area contributed by atoms with Gasteiger partial charge in [0.05, 0.1) is 0 Å². The van der Waals surface area contributed by atoms with Crippen molar-refractivity contribution < 1.29 is 9.59 Å². The van der Waals surface area contributed by atoms with Crippen LogP contribution in [0.4, 0.5) is 5.00 Å². The van der Waals surface area contributed by atoms with Gasteiger partial charge in [-0.3, -0.25) is 9.59 Å². The van der Waals surface area contributed by atoms with Crippen molar-refractivity contribution in [2.24, 2.45) is 4.99 Å². The summed E-state index contributed by atoms with van der Waals surface area (Å²) in [6, 6.07) is 26.1. The minimum Gasteiger partial charge on any atom is -0.312 e. The summed E-state index contributed by atoms with van der Waals surface area (Å²) in [6.07, 6.45) is 0. The molecule has 0 bridgehead atoms. The van der Waals surface area contributed by atoms with Crippen LogP contribution in [-0.2, 0) is 0 Å². The van der Waals surface area contributed by atoms with Gasteiger partial charge in [-0.25, -0.2) is 3.79 Å². The molecule has 1 N–H and O–H groups in total. The fraction of sp³-hybridized carbons (Fsp3) is 0.0400. The highest BCUT2D eigenvalue weighted by Gasteiger charge is 2.19. The molecule has 0 spiro atoms. The summed E-state index contributed by atoms with van der Waals surface area (Å²) in [5, 5.41) is 3.72. The largest absolute Gasteiger partial charge is 0.312 e. The second-order valence-corrected chi connectivity index (χ2v) is 9.20. The first-order valence-corrected chi connectivity index (χ1v) is 11.8. The van der Waals surface area contributed by atoms with Crippen LogP contribution in [0, 0.1) is 6.92 Å². The van der Waals surface area contributed by atoms with Gasteiger partial charge in [-0.15, -0.1) is 0 Å². The first kappa shape index (κ1) is 21.0. The number of nitrogens with one attached hydrogen (secondary N) is 1. The fourth-order valence-electron chi connectivity index (χ4n) is 3.29. The first-order valence-electron chi connectivity index (χ1n) is 10.2. The molecular formula is C25H18N4O2S2. The van der Waals surface area contributed by atoms with Crippen LogP contribution in [0.5, 0.6) is 0 Å². The molecule has 2 amide bonds. The van der Waals surface area contributed by atoms with Crippen molar-refractivity contribution in [2.45, 2.75) is 6.92 Å². The lowest BCUT2D eigenvalue weighted by Crippen LogP contribution is -2.11. The molecule has 3 aromatic carbocycles. The van der Waals surface area contributed by atoms with Crippen molar-refractivity contribution >= 4 is 44.6 Å². The smallest absolute Gasteiger partial charge is 0.279 e. The van der Waals surface area contributed by atoms with E-state index >= 15 is 0 Å². The quantitative estimate of drug-likeness (QED) is 0.381. The van der Waals surface area contributed by atoms with Crippen molar-refractivity contribution in [3.63, 3.8) is 0 Å². The summed E-state index contributed by atoms with van der Waals surface area (Å²) >= 11 is 2.61. The molecule has 2 heterocycles. The summed E-state index contributed by atoms with van der Waals surface area (Å²) in [5.41, 5.74) is 3.92. The molecule has 0 saturated heterocycles. The lowest BCUT2D eigenvalue weighted by atomic mass is 10.1. The van der Waals surface area contributed by atoms with Gasteiger partial charge in [0.2, 0.25) is 9.76 Å². The standard InChI is InChI=1S/C25H18N4O2S2/c1-16-12-14-19(15-13-16)21(30)26-23-20(17-8-4-2-5-9-17)29-25(32-23)28-24(33-29)27-22(31)18-10-6-3-7-11-18/h2-15H,1H3,(H,26,30). The number of rotatable bonds is 4. The maximum atomic E-state index is 12.9. The van der Waals surface area contributed by atoms with Gasteiger partial charge in [0, 0.05) is 16.7 Å². The summed E-state index contributed by atoms with van der Waals surface area (Å²) < 4.78 is 1.90. The van der Waals surface area contributed by atoms with E-state index in [9.17, 15) is 9.59 Å². The van der Waals surface area contributed by atoms with Gasteiger partial charge in [-0.2, -0.15) is 9.98 Å². The Kier molecular flexibility index (Phi) is 5.68. The zero-order valence-corrected chi connectivity index (χ0v) is 19.2. The van der Waals surface area contributed by atoms with Crippen molar-refractivity contribution in [3.8, 4) is 11.3 Å². The molecule has 5 rings (SSSR count). The van der Waals surface area contributed by atoms with Gasteiger partial charge in [0.15, 0.2) is 0 Å². The molecular weight excluding hydrogens is 452 g/mol. The minimum absolute atomic E-state index is 0.189. The zero-order valence-electron chi connectivity index (χ0n) is 17.6. The molecule has 0 aliphatic rings. The molecule has 162 valence electrons. The monoisotopic (exact) mass is 470 g/mol. The molecule has 2 aromatic heterocycles. The molecule has 0 aliphatic carbocycles. The van der Waals surface area contributed by atoms with E-state index in [1.807, 2.05) is 59.2 Å². The minimum atomic E-state index is -0.341. The SMILES string of the molecule is Cc1ccc(C(=O)Nc2sc3nc(=NC(=O)c4ccccc4)sn3c2-c2ccccc2)cc1. The van der Waals surface area contributed by atoms with Gasteiger partial charge >= 0.3 is 0 Å². The molecule has 8 heteroatoms. The van der Waals surface area contributed by atoms with Gasteiger partial charge in [-0.1, -0.05) is 77.6 Å². The number of benzene rings is 3. The Balaban J connectivity index is 1.56. The maximum Gasteiger partial charge on any atom is 0.279 e. The topological polar surface area (TPSA) is 75.8 Å². The molecule has 6 nitrogen and oxygen atoms in total. The van der Waals surface area contributed by atoms with Crippen LogP contribution in [0.3, 0.4) is 0 Å². The number of carbonyl (C=O) groups is 2. The summed E-state index contributed by atoms with van der Waals surface area (Å²) in [7, 11) is 0. The van der Waals surface area contributed by atoms with E-state index in [2.05, 4.69) is 15.3 Å². The van der Waals surface area contributed by atoms with Crippen LogP contribution in [0.1, 0.15) is 26.3 Å². The number of anilines is 1. The highest BCUT2D eigenvalue weighted by molar-refractivity contribution is 7.23. The van der Waals surface area contributed by atoms with Crippen LogP contribution in [0.25, 0.3) is 16.2 Å². The van der Waals surface area contributed by atoms with Gasteiger partial charge in [0.25, 0.3) is 11.8 Å². The number of hydrogen-bond acceptors (Lipinski definition) is 5. The average Bonchev–Trinajstić information content (AvgIpc) is 3.37. The third kappa shape index (κ3) is 4.39. The van der Waals surface area contributed by atoms with Crippen molar-refractivity contribution in [1.82, 2.24) is 8.77 Å². The lowest BCUT2D eigenvalue weighted by molar-refractivity contribution is 0.0996. The van der Waals surface area contributed by atoms with Crippen LogP contribution in [0.15, 0.2) is 89.9 Å². The Morgan fingerprint density at radius 2 is 1.55 bits per heavy atom. The Morgan fingerprint density at radius 3 is 2.24 bits per heavy atom. The van der Waals surface area contributed by atoms with E-state index in [1.54, 1.807) is 36.4 Å². The first-order chi connectivity index (χ1) is 16.1. The lowest BCUT2D eigenvalue weighted by Gasteiger charge is -2.07. The number of amides is 2. The van der Waals surface area contributed by atoms with E-state index in [1.165, 1.54) is 22.9 Å². The molecule has 0 unspecified atom stereocenters. The number of aryl methyl sites for hydroxylation is 1. The van der Waals surface area contributed by atoms with Gasteiger partial charge in [-0.05, 0) is 42.7 Å². The Hall–Kier alpha value is -3.88. The molecule has 33 heavy (non-hydrogen) atoms. The van der Waals surface area contributed by atoms with E-state index in [0.717, 1.165) is 16.8 Å². The van der Waals surface area contributed by atoms with Crippen LogP contribution in [-0.4, -0.2) is 20.6 Å². The third-order valence-corrected chi connectivity index (χ3v) is 6.91. The Labute approximate surface area is 197 Å².